The zero-order valence-electron chi connectivity index (χ0n) is 7.41. The van der Waals surface area contributed by atoms with Crippen LogP contribution in [0.5, 0.6) is 0 Å². The SMILES string of the molecule is O=c1[nH]nc(NC2CC=CC2)c(=O)[nH]1. The number of aromatic amines is 2. The fourth-order valence-electron chi connectivity index (χ4n) is 1.37. The molecule has 6 heteroatoms. The summed E-state index contributed by atoms with van der Waals surface area (Å²) in [4.78, 5) is 24.0. The Morgan fingerprint density at radius 1 is 1.36 bits per heavy atom. The molecule has 0 aliphatic heterocycles. The van der Waals surface area contributed by atoms with Gasteiger partial charge in [0.25, 0.3) is 5.56 Å². The smallest absolute Gasteiger partial charge is 0.342 e. The third-order valence-electron chi connectivity index (χ3n) is 2.06. The summed E-state index contributed by atoms with van der Waals surface area (Å²) in [6.07, 6.45) is 5.83. The van der Waals surface area contributed by atoms with Gasteiger partial charge < -0.3 is 5.32 Å². The molecule has 1 aromatic heterocycles. The Bertz CT molecular complexity index is 451. The molecule has 0 amide bonds. The molecule has 0 spiro atoms. The van der Waals surface area contributed by atoms with Crippen LogP contribution in [0.2, 0.25) is 0 Å². The third kappa shape index (κ3) is 1.73. The van der Waals surface area contributed by atoms with Crippen molar-refractivity contribution in [2.75, 3.05) is 5.32 Å². The Hall–Kier alpha value is -1.85. The van der Waals surface area contributed by atoms with Gasteiger partial charge in [0, 0.05) is 6.04 Å². The number of H-pyrrole nitrogens is 2. The maximum Gasteiger partial charge on any atom is 0.342 e. The van der Waals surface area contributed by atoms with Crippen LogP contribution < -0.4 is 16.6 Å². The Morgan fingerprint density at radius 2 is 2.07 bits per heavy atom. The number of hydrogen-bond acceptors (Lipinski definition) is 4. The largest absolute Gasteiger partial charge is 0.361 e. The predicted octanol–water partition coefficient (Wildman–Crippen LogP) is -0.411. The highest BCUT2D eigenvalue weighted by Gasteiger charge is 2.12. The zero-order valence-corrected chi connectivity index (χ0v) is 7.41. The molecule has 0 radical (unpaired) electrons. The molecule has 2 rings (SSSR count). The number of hydrogen-bond donors (Lipinski definition) is 3. The standard InChI is InChI=1S/C8H10N4O2/c13-7-6(11-12-8(14)10-7)9-5-3-1-2-4-5/h1-2,5H,3-4H2,(H,9,11)(H2,10,12,13,14). The molecule has 14 heavy (non-hydrogen) atoms. The number of nitrogens with one attached hydrogen (secondary N) is 3. The fourth-order valence-corrected chi connectivity index (χ4v) is 1.37. The number of anilines is 1. The predicted molar refractivity (Wildman–Crippen MR) is 51.3 cm³/mol. The summed E-state index contributed by atoms with van der Waals surface area (Å²) in [6.45, 7) is 0. The van der Waals surface area contributed by atoms with Crippen LogP contribution in [0.3, 0.4) is 0 Å². The molecular weight excluding hydrogens is 184 g/mol. The number of nitrogens with zero attached hydrogens (tertiary/aromatic N) is 1. The van der Waals surface area contributed by atoms with Gasteiger partial charge in [-0.05, 0) is 12.8 Å². The highest BCUT2D eigenvalue weighted by atomic mass is 16.2. The van der Waals surface area contributed by atoms with Gasteiger partial charge in [-0.2, -0.15) is 0 Å². The molecular formula is C8H10N4O2. The minimum atomic E-state index is -0.593. The van der Waals surface area contributed by atoms with E-state index >= 15 is 0 Å². The van der Waals surface area contributed by atoms with Crippen LogP contribution in [0.15, 0.2) is 21.7 Å². The molecule has 0 bridgehead atoms. The molecule has 1 aromatic rings. The van der Waals surface area contributed by atoms with E-state index in [0.29, 0.717) is 0 Å². The van der Waals surface area contributed by atoms with Gasteiger partial charge >= 0.3 is 5.69 Å². The van der Waals surface area contributed by atoms with Crippen molar-refractivity contribution in [1.82, 2.24) is 15.2 Å². The van der Waals surface area contributed by atoms with Crippen molar-refractivity contribution in [2.24, 2.45) is 0 Å². The second-order valence-corrected chi connectivity index (χ2v) is 3.14. The molecule has 74 valence electrons. The fraction of sp³-hybridized carbons (Fsp3) is 0.375. The molecule has 1 aliphatic rings. The lowest BCUT2D eigenvalue weighted by Gasteiger charge is -2.10. The molecule has 0 atom stereocenters. The molecule has 0 fully saturated rings. The molecule has 0 saturated heterocycles. The summed E-state index contributed by atoms with van der Waals surface area (Å²) in [6, 6.07) is 0.203. The molecule has 3 N–H and O–H groups in total. The highest BCUT2D eigenvalue weighted by molar-refractivity contribution is 5.31. The first kappa shape index (κ1) is 8.74. The van der Waals surface area contributed by atoms with E-state index in [1.165, 1.54) is 0 Å². The van der Waals surface area contributed by atoms with E-state index in [4.69, 9.17) is 0 Å². The van der Waals surface area contributed by atoms with Crippen LogP contribution in [0.4, 0.5) is 5.82 Å². The minimum Gasteiger partial charge on any atom is -0.361 e. The normalized spacial score (nSPS) is 16.0. The first-order valence-corrected chi connectivity index (χ1v) is 4.36. The Morgan fingerprint density at radius 3 is 2.71 bits per heavy atom. The maximum absolute atomic E-state index is 11.2. The van der Waals surface area contributed by atoms with Crippen molar-refractivity contribution in [3.8, 4) is 0 Å². The summed E-state index contributed by atoms with van der Waals surface area (Å²) < 4.78 is 0. The lowest BCUT2D eigenvalue weighted by molar-refractivity contribution is 0.763. The Labute approximate surface area is 79.1 Å². The lowest BCUT2D eigenvalue weighted by atomic mass is 10.2. The average molecular weight is 194 g/mol. The summed E-state index contributed by atoms with van der Waals surface area (Å²) >= 11 is 0. The Kier molecular flexibility index (Phi) is 2.18. The molecule has 6 nitrogen and oxygen atoms in total. The first-order valence-electron chi connectivity index (χ1n) is 4.36. The number of aromatic nitrogens is 3. The summed E-state index contributed by atoms with van der Waals surface area (Å²) in [5.41, 5.74) is -1.08. The van der Waals surface area contributed by atoms with E-state index in [-0.39, 0.29) is 11.9 Å². The number of rotatable bonds is 2. The molecule has 0 unspecified atom stereocenters. The minimum absolute atomic E-state index is 0.165. The summed E-state index contributed by atoms with van der Waals surface area (Å²) in [5, 5.41) is 8.74. The van der Waals surface area contributed by atoms with Crippen LogP contribution in [-0.4, -0.2) is 21.2 Å². The van der Waals surface area contributed by atoms with E-state index in [9.17, 15) is 9.59 Å². The average Bonchev–Trinajstić information content (AvgIpc) is 2.62. The second kappa shape index (κ2) is 3.49. The topological polar surface area (TPSA) is 90.6 Å². The van der Waals surface area contributed by atoms with E-state index in [2.05, 4.69) is 20.5 Å². The van der Waals surface area contributed by atoms with E-state index in [1.807, 2.05) is 12.2 Å². The van der Waals surface area contributed by atoms with Crippen LogP contribution in [0, 0.1) is 0 Å². The van der Waals surface area contributed by atoms with Crippen molar-refractivity contribution in [3.63, 3.8) is 0 Å². The van der Waals surface area contributed by atoms with Crippen LogP contribution in [0.25, 0.3) is 0 Å². The van der Waals surface area contributed by atoms with E-state index in [1.54, 1.807) is 0 Å². The molecule has 0 aromatic carbocycles. The monoisotopic (exact) mass is 194 g/mol. The second-order valence-electron chi connectivity index (χ2n) is 3.14. The van der Waals surface area contributed by atoms with E-state index < -0.39 is 11.2 Å². The summed E-state index contributed by atoms with van der Waals surface area (Å²) in [7, 11) is 0. The van der Waals surface area contributed by atoms with Gasteiger partial charge in [-0.15, -0.1) is 5.10 Å². The Balaban J connectivity index is 2.17. The van der Waals surface area contributed by atoms with Crippen LogP contribution in [-0.2, 0) is 0 Å². The van der Waals surface area contributed by atoms with Crippen molar-refractivity contribution < 1.29 is 0 Å². The third-order valence-corrected chi connectivity index (χ3v) is 2.06. The molecule has 0 saturated carbocycles. The summed E-state index contributed by atoms with van der Waals surface area (Å²) in [5.74, 6) is 0.165. The van der Waals surface area contributed by atoms with Gasteiger partial charge in [-0.1, -0.05) is 12.2 Å². The maximum atomic E-state index is 11.2. The van der Waals surface area contributed by atoms with Gasteiger partial charge in [0.05, 0.1) is 0 Å². The molecule has 1 aliphatic carbocycles. The zero-order chi connectivity index (χ0) is 9.97. The van der Waals surface area contributed by atoms with Crippen LogP contribution in [0.1, 0.15) is 12.8 Å². The van der Waals surface area contributed by atoms with Crippen molar-refractivity contribution >= 4 is 5.82 Å². The first-order chi connectivity index (χ1) is 6.75. The van der Waals surface area contributed by atoms with E-state index in [0.717, 1.165) is 12.8 Å². The van der Waals surface area contributed by atoms with Gasteiger partial charge in [-0.25, -0.2) is 9.89 Å². The van der Waals surface area contributed by atoms with Gasteiger partial charge in [0.15, 0.2) is 0 Å². The van der Waals surface area contributed by atoms with Crippen LogP contribution >= 0.6 is 0 Å². The van der Waals surface area contributed by atoms with Crippen molar-refractivity contribution in [1.29, 1.82) is 0 Å². The van der Waals surface area contributed by atoms with Crippen molar-refractivity contribution in [2.45, 2.75) is 18.9 Å². The van der Waals surface area contributed by atoms with Gasteiger partial charge in [0.2, 0.25) is 5.82 Å². The highest BCUT2D eigenvalue weighted by Crippen LogP contribution is 2.12. The quantitative estimate of drug-likeness (QED) is 0.558. The van der Waals surface area contributed by atoms with Crippen molar-refractivity contribution in [3.05, 3.63) is 33.0 Å². The van der Waals surface area contributed by atoms with Gasteiger partial charge in [0.1, 0.15) is 0 Å². The molecule has 1 heterocycles. The van der Waals surface area contributed by atoms with Gasteiger partial charge in [-0.3, -0.25) is 9.78 Å². The lowest BCUT2D eigenvalue weighted by Crippen LogP contribution is -2.29.